The van der Waals surface area contributed by atoms with Gasteiger partial charge < -0.3 is 0 Å². The van der Waals surface area contributed by atoms with E-state index in [0.29, 0.717) is 28.1 Å². The van der Waals surface area contributed by atoms with E-state index in [2.05, 4.69) is 20.8 Å². The van der Waals surface area contributed by atoms with Gasteiger partial charge in [-0.1, -0.05) is 53.5 Å². The molecule has 2 N–H and O–H groups in total. The number of hydrazine groups is 1. The van der Waals surface area contributed by atoms with E-state index in [0.717, 1.165) is 5.56 Å². The van der Waals surface area contributed by atoms with Crippen LogP contribution in [0.4, 0.5) is 5.95 Å². The highest BCUT2D eigenvalue weighted by molar-refractivity contribution is 6.42. The smallest absolute Gasteiger partial charge is 0.289 e. The van der Waals surface area contributed by atoms with Crippen LogP contribution in [0.25, 0.3) is 5.69 Å². The third kappa shape index (κ3) is 4.17. The monoisotopic (exact) mass is 375 g/mol. The zero-order chi connectivity index (χ0) is 17.8. The highest BCUT2D eigenvalue weighted by Gasteiger charge is 2.10. The number of anilines is 1. The minimum atomic E-state index is -0.463. The molecule has 0 aliphatic heterocycles. The second kappa shape index (κ2) is 7.65. The van der Waals surface area contributed by atoms with Crippen molar-refractivity contribution in [3.8, 4) is 5.69 Å². The first kappa shape index (κ1) is 17.4. The van der Waals surface area contributed by atoms with Crippen LogP contribution in [-0.4, -0.2) is 14.5 Å². The van der Waals surface area contributed by atoms with Crippen molar-refractivity contribution in [2.45, 2.75) is 13.5 Å². The van der Waals surface area contributed by atoms with Crippen LogP contribution in [-0.2, 0) is 6.54 Å². The Morgan fingerprint density at radius 2 is 1.80 bits per heavy atom. The molecule has 0 bridgehead atoms. The molecule has 0 aliphatic carbocycles. The summed E-state index contributed by atoms with van der Waals surface area (Å²) in [5, 5.41) is 0.776. The van der Waals surface area contributed by atoms with Crippen LogP contribution in [0.15, 0.2) is 53.3 Å². The molecule has 25 heavy (non-hydrogen) atoms. The molecule has 1 heterocycles. The summed E-state index contributed by atoms with van der Waals surface area (Å²) in [5.41, 5.74) is 7.01. The summed E-state index contributed by atoms with van der Waals surface area (Å²) >= 11 is 11.9. The van der Waals surface area contributed by atoms with Crippen LogP contribution in [0.1, 0.15) is 11.4 Å². The number of rotatable bonds is 5. The van der Waals surface area contributed by atoms with Crippen LogP contribution < -0.4 is 16.5 Å². The number of aromatic nitrogens is 3. The lowest BCUT2D eigenvalue weighted by atomic mass is 10.2. The molecule has 0 aliphatic rings. The van der Waals surface area contributed by atoms with Gasteiger partial charge in [0.05, 0.1) is 15.7 Å². The van der Waals surface area contributed by atoms with E-state index in [4.69, 9.17) is 23.2 Å². The van der Waals surface area contributed by atoms with Crippen LogP contribution in [0.3, 0.4) is 0 Å². The Kier molecular flexibility index (Phi) is 5.33. The van der Waals surface area contributed by atoms with Crippen LogP contribution in [0.5, 0.6) is 0 Å². The van der Waals surface area contributed by atoms with E-state index >= 15 is 0 Å². The van der Waals surface area contributed by atoms with Crippen molar-refractivity contribution in [3.05, 3.63) is 80.4 Å². The minimum absolute atomic E-state index is 0.203. The molecule has 0 fully saturated rings. The van der Waals surface area contributed by atoms with Crippen molar-refractivity contribution in [2.75, 3.05) is 5.43 Å². The van der Waals surface area contributed by atoms with Gasteiger partial charge in [0.2, 0.25) is 5.95 Å². The summed E-state index contributed by atoms with van der Waals surface area (Å²) in [6, 6.07) is 14.7. The van der Waals surface area contributed by atoms with Crippen LogP contribution in [0, 0.1) is 6.92 Å². The van der Waals surface area contributed by atoms with Gasteiger partial charge in [0.25, 0.3) is 0 Å². The summed E-state index contributed by atoms with van der Waals surface area (Å²) in [6.07, 6.45) is 0. The number of nitrogens with one attached hydrogen (secondary N) is 2. The molecule has 0 amide bonds. The van der Waals surface area contributed by atoms with E-state index in [1.54, 1.807) is 25.1 Å². The molecule has 8 heteroatoms. The zero-order valence-electron chi connectivity index (χ0n) is 13.3. The Bertz CT molecular complexity index is 944. The summed E-state index contributed by atoms with van der Waals surface area (Å²) in [6.45, 7) is 2.28. The van der Waals surface area contributed by atoms with Crippen molar-refractivity contribution >= 4 is 29.2 Å². The molecule has 0 atom stereocenters. The largest absolute Gasteiger partial charge is 0.356 e. The Morgan fingerprint density at radius 3 is 2.48 bits per heavy atom. The highest BCUT2D eigenvalue weighted by atomic mass is 35.5. The molecular formula is C17H15Cl2N5O. The first-order valence-electron chi connectivity index (χ1n) is 7.50. The fourth-order valence-electron chi connectivity index (χ4n) is 2.31. The fourth-order valence-corrected chi connectivity index (χ4v) is 2.60. The maximum atomic E-state index is 12.4. The van der Waals surface area contributed by atoms with Gasteiger partial charge >= 0.3 is 5.69 Å². The normalized spacial score (nSPS) is 10.7. The number of hydrogen-bond donors (Lipinski definition) is 2. The Labute approximate surface area is 154 Å². The van der Waals surface area contributed by atoms with Crippen LogP contribution in [0.2, 0.25) is 10.0 Å². The second-order valence-electron chi connectivity index (χ2n) is 5.27. The third-order valence-electron chi connectivity index (χ3n) is 3.48. The summed E-state index contributed by atoms with van der Waals surface area (Å²) in [7, 11) is 0. The maximum absolute atomic E-state index is 12.4. The third-order valence-corrected chi connectivity index (χ3v) is 4.22. The number of hydrogen-bond acceptors (Lipinski definition) is 5. The Balaban J connectivity index is 1.78. The SMILES string of the molecule is Cc1nc(NNCc2ccccc2)nc(=O)n1-c1ccc(Cl)c(Cl)c1. The van der Waals surface area contributed by atoms with Gasteiger partial charge in [-0.05, 0) is 30.7 Å². The van der Waals surface area contributed by atoms with Crippen LogP contribution >= 0.6 is 23.2 Å². The van der Waals surface area contributed by atoms with E-state index < -0.39 is 5.69 Å². The molecule has 128 valence electrons. The molecule has 3 aromatic rings. The predicted molar refractivity (Wildman–Crippen MR) is 99.3 cm³/mol. The predicted octanol–water partition coefficient (Wildman–Crippen LogP) is 3.36. The molecule has 0 unspecified atom stereocenters. The molecule has 1 aromatic heterocycles. The topological polar surface area (TPSA) is 71.8 Å². The quantitative estimate of drug-likeness (QED) is 0.669. The molecule has 2 aromatic carbocycles. The van der Waals surface area contributed by atoms with E-state index in [1.165, 1.54) is 4.57 Å². The average Bonchev–Trinajstić information content (AvgIpc) is 2.58. The van der Waals surface area contributed by atoms with Crippen molar-refractivity contribution in [1.82, 2.24) is 20.0 Å². The lowest BCUT2D eigenvalue weighted by Crippen LogP contribution is -2.30. The number of halogens is 2. The first-order chi connectivity index (χ1) is 12.0. The fraction of sp³-hybridized carbons (Fsp3) is 0.118. The van der Waals surface area contributed by atoms with E-state index in [-0.39, 0.29) is 5.95 Å². The summed E-state index contributed by atoms with van der Waals surface area (Å²) in [4.78, 5) is 20.6. The number of nitrogens with zero attached hydrogens (tertiary/aromatic N) is 3. The van der Waals surface area contributed by atoms with Crippen molar-refractivity contribution < 1.29 is 0 Å². The lowest BCUT2D eigenvalue weighted by molar-refractivity contribution is 0.753. The highest BCUT2D eigenvalue weighted by Crippen LogP contribution is 2.24. The van der Waals surface area contributed by atoms with Gasteiger partial charge in [0, 0.05) is 6.54 Å². The summed E-state index contributed by atoms with van der Waals surface area (Å²) < 4.78 is 1.37. The average molecular weight is 376 g/mol. The van der Waals surface area contributed by atoms with Gasteiger partial charge in [-0.2, -0.15) is 9.97 Å². The van der Waals surface area contributed by atoms with E-state index in [9.17, 15) is 4.79 Å². The van der Waals surface area contributed by atoms with Gasteiger partial charge in [-0.15, -0.1) is 0 Å². The maximum Gasteiger partial charge on any atom is 0.356 e. The summed E-state index contributed by atoms with van der Waals surface area (Å²) in [5.74, 6) is 0.678. The van der Waals surface area contributed by atoms with Crippen molar-refractivity contribution in [3.63, 3.8) is 0 Å². The zero-order valence-corrected chi connectivity index (χ0v) is 14.8. The minimum Gasteiger partial charge on any atom is -0.289 e. The lowest BCUT2D eigenvalue weighted by Gasteiger charge is -2.12. The molecule has 3 rings (SSSR count). The van der Waals surface area contributed by atoms with E-state index in [1.807, 2.05) is 30.3 Å². The standard InChI is InChI=1S/C17H15Cl2N5O/c1-11-21-16(23-20-10-12-5-3-2-4-6-12)22-17(25)24(11)13-7-8-14(18)15(19)9-13/h2-9,20H,10H2,1H3,(H,22,23,25). The van der Waals surface area contributed by atoms with Crippen molar-refractivity contribution in [1.29, 1.82) is 0 Å². The van der Waals surface area contributed by atoms with Gasteiger partial charge in [0.15, 0.2) is 0 Å². The molecule has 0 spiro atoms. The van der Waals surface area contributed by atoms with Crippen molar-refractivity contribution in [2.24, 2.45) is 0 Å². The number of benzene rings is 2. The molecular weight excluding hydrogens is 361 g/mol. The first-order valence-corrected chi connectivity index (χ1v) is 8.26. The molecule has 6 nitrogen and oxygen atoms in total. The molecule has 0 saturated heterocycles. The van der Waals surface area contributed by atoms with Gasteiger partial charge in [0.1, 0.15) is 5.82 Å². The number of aryl methyl sites for hydroxylation is 1. The Hall–Kier alpha value is -2.41. The van der Waals surface area contributed by atoms with Gasteiger partial charge in [-0.25, -0.2) is 14.8 Å². The molecule has 0 radical (unpaired) electrons. The van der Waals surface area contributed by atoms with Gasteiger partial charge in [-0.3, -0.25) is 5.43 Å². The Morgan fingerprint density at radius 1 is 1.04 bits per heavy atom. The second-order valence-corrected chi connectivity index (χ2v) is 6.09. The molecule has 0 saturated carbocycles.